The van der Waals surface area contributed by atoms with E-state index in [-0.39, 0.29) is 0 Å². The summed E-state index contributed by atoms with van der Waals surface area (Å²) in [5.41, 5.74) is 7.30. The van der Waals surface area contributed by atoms with Crippen LogP contribution in [0.25, 0.3) is 0 Å². The van der Waals surface area contributed by atoms with Crippen LogP contribution in [0.2, 0.25) is 0 Å². The normalized spacial score (nSPS) is 17.2. The van der Waals surface area contributed by atoms with E-state index in [4.69, 9.17) is 10.7 Å². The fourth-order valence-electron chi connectivity index (χ4n) is 2.88. The Labute approximate surface area is 115 Å². The Morgan fingerprint density at radius 2 is 2.06 bits per heavy atom. The van der Waals surface area contributed by atoms with Crippen LogP contribution in [0.4, 0.5) is 5.82 Å². The number of rotatable bonds is 5. The van der Waals surface area contributed by atoms with Gasteiger partial charge in [0.25, 0.3) is 0 Å². The van der Waals surface area contributed by atoms with Gasteiger partial charge >= 0.3 is 0 Å². The van der Waals surface area contributed by atoms with E-state index in [9.17, 15) is 0 Å². The molecule has 2 rings (SSSR count). The number of nitrogen functional groups attached to an aromatic ring is 1. The first-order valence-corrected chi connectivity index (χ1v) is 8.43. The number of nitrogens with two attached hydrogens (primary N) is 1. The maximum absolute atomic E-state index is 6.19. The van der Waals surface area contributed by atoms with Crippen molar-refractivity contribution in [3.63, 3.8) is 0 Å². The summed E-state index contributed by atoms with van der Waals surface area (Å²) in [7, 11) is 2.07. The molecule has 3 nitrogen and oxygen atoms in total. The van der Waals surface area contributed by atoms with Crippen molar-refractivity contribution >= 4 is 17.6 Å². The molecule has 1 heterocycles. The fourth-order valence-corrected chi connectivity index (χ4v) is 3.31. The van der Waals surface area contributed by atoms with Crippen LogP contribution in [0, 0.1) is 0 Å². The SMILES string of the molecule is CSCCCc1nc(C2CCCCC2)n(C)c1N. The standard InChI is InChI=1S/C14H25N3S/c1-17-13(15)12(9-6-10-18-2)16-14(17)11-7-4-3-5-8-11/h11H,3-10,15H2,1-2H3. The lowest BCUT2D eigenvalue weighted by molar-refractivity contribution is 0.421. The van der Waals surface area contributed by atoms with Crippen LogP contribution in [-0.4, -0.2) is 21.6 Å². The van der Waals surface area contributed by atoms with Gasteiger partial charge in [0, 0.05) is 13.0 Å². The van der Waals surface area contributed by atoms with Crippen molar-refractivity contribution < 1.29 is 0 Å². The summed E-state index contributed by atoms with van der Waals surface area (Å²) in [6, 6.07) is 0. The van der Waals surface area contributed by atoms with E-state index in [1.807, 2.05) is 11.8 Å². The molecule has 0 bridgehead atoms. The van der Waals surface area contributed by atoms with E-state index in [1.165, 1.54) is 50.1 Å². The monoisotopic (exact) mass is 267 g/mol. The van der Waals surface area contributed by atoms with Gasteiger partial charge in [0.1, 0.15) is 11.6 Å². The molecule has 1 aliphatic rings. The maximum atomic E-state index is 6.19. The summed E-state index contributed by atoms with van der Waals surface area (Å²) >= 11 is 1.89. The Hall–Kier alpha value is -0.640. The molecule has 1 aromatic rings. The molecule has 0 radical (unpaired) electrons. The molecular weight excluding hydrogens is 242 g/mol. The lowest BCUT2D eigenvalue weighted by Crippen LogP contribution is -2.11. The molecule has 4 heteroatoms. The van der Waals surface area contributed by atoms with E-state index < -0.39 is 0 Å². The molecular formula is C14H25N3S. The zero-order valence-electron chi connectivity index (χ0n) is 11.6. The second kappa shape index (κ2) is 6.50. The minimum absolute atomic E-state index is 0.639. The van der Waals surface area contributed by atoms with Crippen molar-refractivity contribution in [1.82, 2.24) is 9.55 Å². The molecule has 1 aliphatic carbocycles. The second-order valence-electron chi connectivity index (χ2n) is 5.29. The van der Waals surface area contributed by atoms with Crippen molar-refractivity contribution in [2.75, 3.05) is 17.7 Å². The topological polar surface area (TPSA) is 43.8 Å². The Morgan fingerprint density at radius 3 is 2.72 bits per heavy atom. The lowest BCUT2D eigenvalue weighted by atomic mass is 9.89. The van der Waals surface area contributed by atoms with E-state index >= 15 is 0 Å². The predicted molar refractivity (Wildman–Crippen MR) is 80.1 cm³/mol. The molecule has 102 valence electrons. The number of anilines is 1. The fraction of sp³-hybridized carbons (Fsp3) is 0.786. The molecule has 0 amide bonds. The molecule has 18 heavy (non-hydrogen) atoms. The minimum atomic E-state index is 0.639. The van der Waals surface area contributed by atoms with Gasteiger partial charge in [-0.15, -0.1) is 0 Å². The van der Waals surface area contributed by atoms with Gasteiger partial charge in [0.2, 0.25) is 0 Å². The number of thioether (sulfide) groups is 1. The van der Waals surface area contributed by atoms with E-state index in [0.29, 0.717) is 5.92 Å². The van der Waals surface area contributed by atoms with E-state index in [0.717, 1.165) is 17.9 Å². The Balaban J connectivity index is 2.08. The van der Waals surface area contributed by atoms with Gasteiger partial charge in [-0.3, -0.25) is 0 Å². The summed E-state index contributed by atoms with van der Waals surface area (Å²) < 4.78 is 2.13. The Kier molecular flexibility index (Phi) is 4.98. The number of aryl methyl sites for hydroxylation is 1. The highest BCUT2D eigenvalue weighted by Crippen LogP contribution is 2.33. The number of imidazole rings is 1. The number of aromatic nitrogens is 2. The van der Waals surface area contributed by atoms with Crippen LogP contribution in [0.15, 0.2) is 0 Å². The smallest absolute Gasteiger partial charge is 0.126 e. The highest BCUT2D eigenvalue weighted by molar-refractivity contribution is 7.98. The van der Waals surface area contributed by atoms with Gasteiger partial charge < -0.3 is 10.3 Å². The molecule has 2 N–H and O–H groups in total. The molecule has 1 saturated carbocycles. The molecule has 1 aromatic heterocycles. The van der Waals surface area contributed by atoms with Gasteiger partial charge in [-0.25, -0.2) is 4.98 Å². The summed E-state index contributed by atoms with van der Waals surface area (Å²) in [6.45, 7) is 0. The molecule has 0 saturated heterocycles. The van der Waals surface area contributed by atoms with Gasteiger partial charge in [0.15, 0.2) is 0 Å². The van der Waals surface area contributed by atoms with Gasteiger partial charge in [0.05, 0.1) is 5.69 Å². The van der Waals surface area contributed by atoms with Crippen molar-refractivity contribution in [1.29, 1.82) is 0 Å². The molecule has 0 unspecified atom stereocenters. The van der Waals surface area contributed by atoms with Gasteiger partial charge in [-0.05, 0) is 37.7 Å². The minimum Gasteiger partial charge on any atom is -0.384 e. The second-order valence-corrected chi connectivity index (χ2v) is 6.28. The maximum Gasteiger partial charge on any atom is 0.126 e. The molecule has 1 fully saturated rings. The van der Waals surface area contributed by atoms with E-state index in [1.54, 1.807) is 0 Å². The number of nitrogens with zero attached hydrogens (tertiary/aromatic N) is 2. The highest BCUT2D eigenvalue weighted by Gasteiger charge is 2.22. The average molecular weight is 267 g/mol. The van der Waals surface area contributed by atoms with Crippen molar-refractivity contribution in [3.8, 4) is 0 Å². The Bertz CT molecular complexity index is 381. The quantitative estimate of drug-likeness (QED) is 0.832. The number of hydrogen-bond acceptors (Lipinski definition) is 3. The van der Waals surface area contributed by atoms with Gasteiger partial charge in [-0.1, -0.05) is 19.3 Å². The zero-order valence-corrected chi connectivity index (χ0v) is 12.4. The predicted octanol–water partition coefficient (Wildman–Crippen LogP) is 3.35. The molecule has 0 atom stereocenters. The molecule has 0 aromatic carbocycles. The summed E-state index contributed by atoms with van der Waals surface area (Å²) in [6.07, 6.45) is 11.0. The number of hydrogen-bond donors (Lipinski definition) is 1. The van der Waals surface area contributed by atoms with Crippen molar-refractivity contribution in [3.05, 3.63) is 11.5 Å². The lowest BCUT2D eigenvalue weighted by Gasteiger charge is -2.21. The first-order valence-electron chi connectivity index (χ1n) is 7.04. The summed E-state index contributed by atoms with van der Waals surface area (Å²) in [4.78, 5) is 4.83. The van der Waals surface area contributed by atoms with Gasteiger partial charge in [-0.2, -0.15) is 11.8 Å². The first kappa shape index (κ1) is 13.8. The van der Waals surface area contributed by atoms with Crippen LogP contribution in [0.3, 0.4) is 0 Å². The Morgan fingerprint density at radius 1 is 1.33 bits per heavy atom. The third kappa shape index (κ3) is 3.02. The van der Waals surface area contributed by atoms with Crippen molar-refractivity contribution in [2.24, 2.45) is 7.05 Å². The largest absolute Gasteiger partial charge is 0.384 e. The molecule has 0 aliphatic heterocycles. The summed E-state index contributed by atoms with van der Waals surface area (Å²) in [5, 5.41) is 0. The van der Waals surface area contributed by atoms with Crippen LogP contribution in [0.5, 0.6) is 0 Å². The first-order chi connectivity index (χ1) is 8.74. The summed E-state index contributed by atoms with van der Waals surface area (Å²) in [5.74, 6) is 3.94. The third-order valence-corrected chi connectivity index (χ3v) is 4.68. The van der Waals surface area contributed by atoms with Crippen molar-refractivity contribution in [2.45, 2.75) is 50.9 Å². The average Bonchev–Trinajstić information content (AvgIpc) is 2.68. The van der Waals surface area contributed by atoms with E-state index in [2.05, 4.69) is 17.9 Å². The van der Waals surface area contributed by atoms with Crippen LogP contribution >= 0.6 is 11.8 Å². The highest BCUT2D eigenvalue weighted by atomic mass is 32.2. The molecule has 0 spiro atoms. The van der Waals surface area contributed by atoms with Crippen LogP contribution < -0.4 is 5.73 Å². The van der Waals surface area contributed by atoms with Crippen LogP contribution in [0.1, 0.15) is 56.0 Å². The zero-order chi connectivity index (χ0) is 13.0. The third-order valence-electron chi connectivity index (χ3n) is 3.98. The van der Waals surface area contributed by atoms with Crippen LogP contribution in [-0.2, 0) is 13.5 Å².